The number of methoxy groups -OCH3 is 1. The monoisotopic (exact) mass is 398 g/mol. The molecule has 0 unspecified atom stereocenters. The molecule has 1 N–H and O–H groups in total. The normalized spacial score (nSPS) is 11.6. The first-order valence-corrected chi connectivity index (χ1v) is 9.87. The molecule has 0 aliphatic carbocycles. The van der Waals surface area contributed by atoms with Crippen LogP contribution in [0.4, 0.5) is 0 Å². The molecule has 156 valence electrons. The molecule has 0 heterocycles. The average Bonchev–Trinajstić information content (AvgIpc) is 2.74. The van der Waals surface area contributed by atoms with Gasteiger partial charge in [-0.05, 0) is 36.6 Å². The lowest BCUT2D eigenvalue weighted by molar-refractivity contribution is -0.140. The van der Waals surface area contributed by atoms with Crippen LogP contribution in [0.2, 0.25) is 0 Å². The number of hydrogen-bond donors (Lipinski definition) is 1. The summed E-state index contributed by atoms with van der Waals surface area (Å²) in [5.74, 6) is 0.380. The molecule has 2 aromatic carbocycles. The Morgan fingerprint density at radius 2 is 1.76 bits per heavy atom. The van der Waals surface area contributed by atoms with Gasteiger partial charge in [0, 0.05) is 33.2 Å². The minimum atomic E-state index is -0.706. The molecular formula is C23H30N2O4. The topological polar surface area (TPSA) is 67.9 Å². The van der Waals surface area contributed by atoms with E-state index in [1.54, 1.807) is 12.0 Å². The second kappa shape index (κ2) is 11.9. The van der Waals surface area contributed by atoms with Crippen molar-refractivity contribution in [2.45, 2.75) is 32.9 Å². The van der Waals surface area contributed by atoms with Crippen molar-refractivity contribution in [3.05, 3.63) is 65.7 Å². The van der Waals surface area contributed by atoms with Gasteiger partial charge in [-0.15, -0.1) is 0 Å². The summed E-state index contributed by atoms with van der Waals surface area (Å²) >= 11 is 0. The smallest absolute Gasteiger partial charge is 0.247 e. The fourth-order valence-corrected chi connectivity index (χ4v) is 3.05. The van der Waals surface area contributed by atoms with Crippen molar-refractivity contribution >= 4 is 11.8 Å². The number of rotatable bonds is 11. The second-order valence-corrected chi connectivity index (χ2v) is 6.65. The molecule has 1 atom stereocenters. The van der Waals surface area contributed by atoms with Gasteiger partial charge in [0.1, 0.15) is 11.8 Å². The summed E-state index contributed by atoms with van der Waals surface area (Å²) in [6.07, 6.45) is 0.722. The predicted molar refractivity (Wildman–Crippen MR) is 113 cm³/mol. The van der Waals surface area contributed by atoms with E-state index in [0.29, 0.717) is 26.3 Å². The Morgan fingerprint density at radius 3 is 2.34 bits per heavy atom. The van der Waals surface area contributed by atoms with Crippen LogP contribution in [-0.2, 0) is 20.9 Å². The molecule has 0 bridgehead atoms. The first-order chi connectivity index (χ1) is 14.1. The number of carbonyl (C=O) groups is 2. The van der Waals surface area contributed by atoms with Crippen molar-refractivity contribution in [1.29, 1.82) is 0 Å². The number of ether oxygens (including phenoxy) is 2. The summed E-state index contributed by atoms with van der Waals surface area (Å²) in [6, 6.07) is 16.2. The van der Waals surface area contributed by atoms with Crippen molar-refractivity contribution in [3.8, 4) is 5.75 Å². The van der Waals surface area contributed by atoms with Gasteiger partial charge < -0.3 is 19.7 Å². The summed E-state index contributed by atoms with van der Waals surface area (Å²) in [6.45, 7) is 5.49. The third-order valence-corrected chi connectivity index (χ3v) is 4.56. The number of hydrogen-bond acceptors (Lipinski definition) is 4. The first-order valence-electron chi connectivity index (χ1n) is 9.87. The molecule has 2 amide bonds. The van der Waals surface area contributed by atoms with Crippen LogP contribution < -0.4 is 10.1 Å². The highest BCUT2D eigenvalue weighted by atomic mass is 16.5. The zero-order chi connectivity index (χ0) is 21.1. The maximum absolute atomic E-state index is 13.0. The predicted octanol–water partition coefficient (Wildman–Crippen LogP) is 3.33. The molecular weight excluding hydrogens is 368 g/mol. The molecule has 6 nitrogen and oxygen atoms in total. The van der Waals surface area contributed by atoms with Gasteiger partial charge >= 0.3 is 0 Å². The number of nitrogens with zero attached hydrogens (tertiary/aromatic N) is 1. The number of amides is 2. The molecule has 2 aromatic rings. The molecule has 0 radical (unpaired) electrons. The Bertz CT molecular complexity index is 762. The summed E-state index contributed by atoms with van der Waals surface area (Å²) in [5.41, 5.74) is 1.70. The highest BCUT2D eigenvalue weighted by Crippen LogP contribution is 2.24. The molecule has 0 aliphatic rings. The van der Waals surface area contributed by atoms with E-state index in [2.05, 4.69) is 5.32 Å². The highest BCUT2D eigenvalue weighted by molar-refractivity contribution is 5.88. The summed E-state index contributed by atoms with van der Waals surface area (Å²) in [5, 5.41) is 2.95. The second-order valence-electron chi connectivity index (χ2n) is 6.65. The molecule has 6 heteroatoms. The zero-order valence-electron chi connectivity index (χ0n) is 17.4. The fourth-order valence-electron chi connectivity index (χ4n) is 3.05. The standard InChI is InChI=1S/C23H30N2O4/c1-4-29-16-8-15-24-23(27)22(20-9-6-5-7-10-20)25(18(2)26)17-19-11-13-21(28-3)14-12-19/h5-7,9-14,22H,4,8,15-17H2,1-3H3,(H,24,27)/t22-/m1/s1. The third-order valence-electron chi connectivity index (χ3n) is 4.56. The van der Waals surface area contributed by atoms with Gasteiger partial charge in [0.15, 0.2) is 0 Å². The van der Waals surface area contributed by atoms with E-state index >= 15 is 0 Å². The van der Waals surface area contributed by atoms with Crippen LogP contribution in [0.15, 0.2) is 54.6 Å². The summed E-state index contributed by atoms with van der Waals surface area (Å²) in [7, 11) is 1.61. The van der Waals surface area contributed by atoms with Gasteiger partial charge in [-0.2, -0.15) is 0 Å². The van der Waals surface area contributed by atoms with E-state index in [4.69, 9.17) is 9.47 Å². The average molecular weight is 399 g/mol. The molecule has 29 heavy (non-hydrogen) atoms. The van der Waals surface area contributed by atoms with E-state index in [1.807, 2.05) is 61.5 Å². The molecule has 0 spiro atoms. The molecule has 0 aliphatic heterocycles. The fraction of sp³-hybridized carbons (Fsp3) is 0.391. The first kappa shape index (κ1) is 22.4. The van der Waals surface area contributed by atoms with Crippen molar-refractivity contribution < 1.29 is 19.1 Å². The van der Waals surface area contributed by atoms with Crippen LogP contribution in [0, 0.1) is 0 Å². The van der Waals surface area contributed by atoms with Crippen LogP contribution in [0.25, 0.3) is 0 Å². The van der Waals surface area contributed by atoms with Crippen LogP contribution >= 0.6 is 0 Å². The van der Waals surface area contributed by atoms with Gasteiger partial charge in [0.2, 0.25) is 11.8 Å². The maximum Gasteiger partial charge on any atom is 0.247 e. The Labute approximate surface area is 172 Å². The lowest BCUT2D eigenvalue weighted by atomic mass is 10.0. The third kappa shape index (κ3) is 6.91. The van der Waals surface area contributed by atoms with Gasteiger partial charge in [-0.1, -0.05) is 42.5 Å². The zero-order valence-corrected chi connectivity index (χ0v) is 17.4. The van der Waals surface area contributed by atoms with Crippen molar-refractivity contribution in [3.63, 3.8) is 0 Å². The summed E-state index contributed by atoms with van der Waals surface area (Å²) in [4.78, 5) is 27.1. The molecule has 0 saturated carbocycles. The van der Waals surface area contributed by atoms with Crippen LogP contribution in [0.1, 0.15) is 37.4 Å². The van der Waals surface area contributed by atoms with E-state index in [9.17, 15) is 9.59 Å². The van der Waals surface area contributed by atoms with E-state index in [1.165, 1.54) is 6.92 Å². The molecule has 0 saturated heterocycles. The number of nitrogens with one attached hydrogen (secondary N) is 1. The lowest BCUT2D eigenvalue weighted by Crippen LogP contribution is -2.43. The van der Waals surface area contributed by atoms with Gasteiger partial charge in [0.05, 0.1) is 7.11 Å². The SMILES string of the molecule is CCOCCCNC(=O)[C@@H](c1ccccc1)N(Cc1ccc(OC)cc1)C(C)=O. The Morgan fingerprint density at radius 1 is 1.07 bits per heavy atom. The molecule has 0 fully saturated rings. The maximum atomic E-state index is 13.0. The van der Waals surface area contributed by atoms with E-state index < -0.39 is 6.04 Å². The number of carbonyl (C=O) groups excluding carboxylic acids is 2. The van der Waals surface area contributed by atoms with Crippen molar-refractivity contribution in [1.82, 2.24) is 10.2 Å². The van der Waals surface area contributed by atoms with Crippen LogP contribution in [0.3, 0.4) is 0 Å². The van der Waals surface area contributed by atoms with E-state index in [0.717, 1.165) is 23.3 Å². The Hall–Kier alpha value is -2.86. The van der Waals surface area contributed by atoms with E-state index in [-0.39, 0.29) is 11.8 Å². The molecule has 0 aromatic heterocycles. The summed E-state index contributed by atoms with van der Waals surface area (Å²) < 4.78 is 10.5. The van der Waals surface area contributed by atoms with Crippen molar-refractivity contribution in [2.75, 3.05) is 26.9 Å². The van der Waals surface area contributed by atoms with Crippen molar-refractivity contribution in [2.24, 2.45) is 0 Å². The quantitative estimate of drug-likeness (QED) is 0.590. The number of benzene rings is 2. The Kier molecular flexibility index (Phi) is 9.18. The van der Waals surface area contributed by atoms with Gasteiger partial charge in [-0.3, -0.25) is 9.59 Å². The molecule has 2 rings (SSSR count). The van der Waals surface area contributed by atoms with Crippen LogP contribution in [0.5, 0.6) is 5.75 Å². The minimum absolute atomic E-state index is 0.167. The van der Waals surface area contributed by atoms with Gasteiger partial charge in [0.25, 0.3) is 0 Å². The van der Waals surface area contributed by atoms with Gasteiger partial charge in [-0.25, -0.2) is 0 Å². The Balaban J connectivity index is 2.20. The lowest BCUT2D eigenvalue weighted by Gasteiger charge is -2.30. The highest BCUT2D eigenvalue weighted by Gasteiger charge is 2.29. The van der Waals surface area contributed by atoms with Crippen LogP contribution in [-0.4, -0.2) is 43.6 Å². The largest absolute Gasteiger partial charge is 0.497 e. The minimum Gasteiger partial charge on any atom is -0.497 e.